The molecule has 7 nitrogen and oxygen atoms in total. The third-order valence-corrected chi connectivity index (χ3v) is 6.85. The molecule has 154 valence electrons. The first-order valence-electron chi connectivity index (χ1n) is 9.17. The molecule has 0 saturated carbocycles. The summed E-state index contributed by atoms with van der Waals surface area (Å²) in [5, 5.41) is 13.0. The van der Waals surface area contributed by atoms with Crippen LogP contribution in [0.25, 0.3) is 0 Å². The number of hydrogen-bond acceptors (Lipinski definition) is 8. The molecule has 0 aliphatic heterocycles. The first-order valence-corrected chi connectivity index (χ1v) is 11.9. The Morgan fingerprint density at radius 1 is 1.34 bits per heavy atom. The van der Waals surface area contributed by atoms with E-state index in [-0.39, 0.29) is 11.7 Å². The molecule has 0 aliphatic rings. The summed E-state index contributed by atoms with van der Waals surface area (Å²) in [5.74, 6) is 0.302. The highest BCUT2D eigenvalue weighted by atomic mass is 32.2. The second-order valence-corrected chi connectivity index (χ2v) is 9.27. The largest absolute Gasteiger partial charge is 0.462 e. The number of carbonyl (C=O) groups excluding carboxylic acids is 2. The van der Waals surface area contributed by atoms with Crippen molar-refractivity contribution in [2.24, 2.45) is 0 Å². The molecule has 0 saturated heterocycles. The van der Waals surface area contributed by atoms with E-state index in [1.165, 1.54) is 28.0 Å². The van der Waals surface area contributed by atoms with Gasteiger partial charge in [-0.25, -0.2) is 9.78 Å². The van der Waals surface area contributed by atoms with Crippen molar-refractivity contribution in [3.05, 3.63) is 44.2 Å². The average Bonchev–Trinajstić information content (AvgIpc) is 3.41. The van der Waals surface area contributed by atoms with Crippen molar-refractivity contribution < 1.29 is 14.3 Å². The second kappa shape index (κ2) is 10.0. The molecule has 0 aliphatic carbocycles. The Morgan fingerprint density at radius 2 is 2.17 bits per heavy atom. The number of esters is 1. The Balaban J connectivity index is 1.61. The van der Waals surface area contributed by atoms with Crippen LogP contribution in [0.5, 0.6) is 0 Å². The molecule has 0 aromatic carbocycles. The molecule has 3 aromatic rings. The van der Waals surface area contributed by atoms with Crippen molar-refractivity contribution in [3.63, 3.8) is 0 Å². The molecule has 0 atom stereocenters. The highest BCUT2D eigenvalue weighted by molar-refractivity contribution is 7.99. The Labute approximate surface area is 181 Å². The number of aryl methyl sites for hydroxylation is 1. The van der Waals surface area contributed by atoms with Crippen molar-refractivity contribution in [1.29, 1.82) is 0 Å². The van der Waals surface area contributed by atoms with E-state index in [0.717, 1.165) is 16.3 Å². The van der Waals surface area contributed by atoms with E-state index in [1.54, 1.807) is 18.3 Å². The Kier molecular flexibility index (Phi) is 7.45. The zero-order valence-corrected chi connectivity index (χ0v) is 18.9. The number of thioether (sulfide) groups is 1. The van der Waals surface area contributed by atoms with Crippen LogP contribution in [-0.4, -0.2) is 39.4 Å². The first kappa shape index (κ1) is 21.5. The quantitative estimate of drug-likeness (QED) is 0.373. The summed E-state index contributed by atoms with van der Waals surface area (Å²) in [6.45, 7) is 5.98. The fourth-order valence-corrected chi connectivity index (χ4v) is 5.28. The van der Waals surface area contributed by atoms with Gasteiger partial charge in [0.2, 0.25) is 11.1 Å². The van der Waals surface area contributed by atoms with Gasteiger partial charge >= 0.3 is 5.97 Å². The fourth-order valence-electron chi connectivity index (χ4n) is 2.80. The molecule has 0 fully saturated rings. The van der Waals surface area contributed by atoms with Crippen LogP contribution in [0.4, 0.5) is 5.00 Å². The Bertz CT molecular complexity index is 979. The monoisotopic (exact) mass is 450 g/mol. The SMILES string of the molecule is CCOC(=O)c1c(NC(=O)CSc2n[nH]c(Cc3cccs3)n2)sc(C)c1CC. The molecule has 0 bridgehead atoms. The van der Waals surface area contributed by atoms with Gasteiger partial charge in [0.05, 0.1) is 17.9 Å². The van der Waals surface area contributed by atoms with Crippen molar-refractivity contribution in [1.82, 2.24) is 15.2 Å². The fraction of sp³-hybridized carbons (Fsp3) is 0.368. The highest BCUT2D eigenvalue weighted by Crippen LogP contribution is 2.34. The predicted octanol–water partition coefficient (Wildman–Crippen LogP) is 4.30. The number of anilines is 1. The van der Waals surface area contributed by atoms with Gasteiger partial charge in [0.25, 0.3) is 0 Å². The lowest BCUT2D eigenvalue weighted by Gasteiger charge is -2.07. The first-order chi connectivity index (χ1) is 14.0. The smallest absolute Gasteiger partial charge is 0.341 e. The summed E-state index contributed by atoms with van der Waals surface area (Å²) in [7, 11) is 0. The van der Waals surface area contributed by atoms with Crippen LogP contribution in [0.1, 0.15) is 45.3 Å². The summed E-state index contributed by atoms with van der Waals surface area (Å²) >= 11 is 4.31. The van der Waals surface area contributed by atoms with Crippen LogP contribution < -0.4 is 5.32 Å². The minimum absolute atomic E-state index is 0.150. The van der Waals surface area contributed by atoms with Crippen molar-refractivity contribution in [2.45, 2.75) is 38.8 Å². The van der Waals surface area contributed by atoms with Crippen LogP contribution in [0.15, 0.2) is 22.7 Å². The van der Waals surface area contributed by atoms with E-state index in [1.807, 2.05) is 31.4 Å². The molecular weight excluding hydrogens is 428 g/mol. The molecular formula is C19H22N4O3S3. The normalized spacial score (nSPS) is 10.9. The van der Waals surface area contributed by atoms with Gasteiger partial charge in [0.15, 0.2) is 0 Å². The summed E-state index contributed by atoms with van der Waals surface area (Å²) in [4.78, 5) is 31.4. The second-order valence-electron chi connectivity index (χ2n) is 6.07. The third kappa shape index (κ3) is 5.46. The van der Waals surface area contributed by atoms with Crippen LogP contribution in [0, 0.1) is 6.92 Å². The van der Waals surface area contributed by atoms with Crippen LogP contribution >= 0.6 is 34.4 Å². The van der Waals surface area contributed by atoms with E-state index in [4.69, 9.17) is 4.74 Å². The molecule has 0 spiro atoms. The lowest BCUT2D eigenvalue weighted by molar-refractivity contribution is -0.113. The molecule has 1 amide bonds. The van der Waals surface area contributed by atoms with Gasteiger partial charge in [-0.15, -0.1) is 27.8 Å². The zero-order valence-electron chi connectivity index (χ0n) is 16.4. The van der Waals surface area contributed by atoms with Gasteiger partial charge in [-0.1, -0.05) is 24.8 Å². The van der Waals surface area contributed by atoms with Gasteiger partial charge in [-0.2, -0.15) is 0 Å². The number of ether oxygens (including phenoxy) is 1. The number of carbonyl (C=O) groups is 2. The molecule has 0 radical (unpaired) electrons. The van der Waals surface area contributed by atoms with Crippen LogP contribution in [0.3, 0.4) is 0 Å². The van der Waals surface area contributed by atoms with Gasteiger partial charge in [-0.05, 0) is 37.3 Å². The molecule has 3 heterocycles. The number of aromatic nitrogens is 3. The molecule has 2 N–H and O–H groups in total. The minimum Gasteiger partial charge on any atom is -0.462 e. The summed E-state index contributed by atoms with van der Waals surface area (Å²) in [6.07, 6.45) is 1.39. The van der Waals surface area contributed by atoms with Crippen molar-refractivity contribution in [2.75, 3.05) is 17.7 Å². The number of nitrogens with one attached hydrogen (secondary N) is 2. The highest BCUT2D eigenvalue weighted by Gasteiger charge is 2.23. The van der Waals surface area contributed by atoms with Gasteiger partial charge in [0, 0.05) is 16.2 Å². The Morgan fingerprint density at radius 3 is 2.86 bits per heavy atom. The lowest BCUT2D eigenvalue weighted by atomic mass is 10.1. The van der Waals surface area contributed by atoms with E-state index in [0.29, 0.717) is 35.2 Å². The maximum atomic E-state index is 12.4. The van der Waals surface area contributed by atoms with Gasteiger partial charge < -0.3 is 10.1 Å². The summed E-state index contributed by atoms with van der Waals surface area (Å²) in [6, 6.07) is 4.04. The lowest BCUT2D eigenvalue weighted by Crippen LogP contribution is -2.16. The number of rotatable bonds is 9. The standard InChI is InChI=1S/C19H22N4O3S3/c1-4-13-11(3)29-17(16(13)18(25)26-5-2)21-15(24)10-28-19-20-14(22-23-19)9-12-7-6-8-27-12/h6-8H,4-5,9-10H2,1-3H3,(H,21,24)(H,20,22,23). The predicted molar refractivity (Wildman–Crippen MR) is 117 cm³/mol. The number of nitrogens with zero attached hydrogens (tertiary/aromatic N) is 2. The van der Waals surface area contributed by atoms with Crippen molar-refractivity contribution in [3.8, 4) is 0 Å². The third-order valence-electron chi connectivity index (χ3n) is 4.06. The maximum Gasteiger partial charge on any atom is 0.341 e. The van der Waals surface area contributed by atoms with Gasteiger partial charge in [-0.3, -0.25) is 9.89 Å². The van der Waals surface area contributed by atoms with Crippen LogP contribution in [0.2, 0.25) is 0 Å². The molecule has 3 aromatic heterocycles. The number of H-pyrrole nitrogens is 1. The van der Waals surface area contributed by atoms with E-state index in [9.17, 15) is 9.59 Å². The number of aromatic amines is 1. The molecule has 10 heteroatoms. The number of thiophene rings is 2. The topological polar surface area (TPSA) is 97.0 Å². The molecule has 3 rings (SSSR count). The average molecular weight is 451 g/mol. The summed E-state index contributed by atoms with van der Waals surface area (Å²) in [5.41, 5.74) is 1.38. The van der Waals surface area contributed by atoms with Gasteiger partial charge in [0.1, 0.15) is 10.8 Å². The van der Waals surface area contributed by atoms with Crippen LogP contribution in [-0.2, 0) is 22.4 Å². The molecule has 29 heavy (non-hydrogen) atoms. The molecule has 0 unspecified atom stereocenters. The van der Waals surface area contributed by atoms with Crippen molar-refractivity contribution >= 4 is 51.3 Å². The van der Waals surface area contributed by atoms with E-state index >= 15 is 0 Å². The Hall–Kier alpha value is -2.17. The summed E-state index contributed by atoms with van der Waals surface area (Å²) < 4.78 is 5.17. The minimum atomic E-state index is -0.399. The van der Waals surface area contributed by atoms with E-state index in [2.05, 4.69) is 20.5 Å². The maximum absolute atomic E-state index is 12.4. The zero-order chi connectivity index (χ0) is 20.8. The number of amides is 1. The van der Waals surface area contributed by atoms with E-state index < -0.39 is 5.97 Å². The number of hydrogen-bond donors (Lipinski definition) is 2.